The molecule has 0 bridgehead atoms. The van der Waals surface area contributed by atoms with Crippen molar-refractivity contribution < 1.29 is 23.8 Å². The van der Waals surface area contributed by atoms with Crippen LogP contribution in [-0.4, -0.2) is 51.4 Å². The van der Waals surface area contributed by atoms with Crippen LogP contribution < -0.4 is 0 Å². The van der Waals surface area contributed by atoms with E-state index < -0.39 is 20.5 Å². The third kappa shape index (κ3) is 3.72. The first kappa shape index (κ1) is 17.9. The molecule has 6 heteroatoms. The van der Waals surface area contributed by atoms with E-state index in [1.807, 2.05) is 0 Å². The van der Waals surface area contributed by atoms with Crippen molar-refractivity contribution >= 4 is 14.3 Å². The van der Waals surface area contributed by atoms with E-state index >= 15 is 0 Å². The fraction of sp³-hybridized carbons (Fsp3) is 0.938. The largest absolute Gasteiger partial charge is 0.469 e. The Balaban J connectivity index is 1.94. The first-order valence-electron chi connectivity index (χ1n) is 8.11. The summed E-state index contributed by atoms with van der Waals surface area (Å²) in [5, 5.41) is 10.4. The molecule has 1 saturated heterocycles. The molecule has 5 atom stereocenters. The molecule has 2 aliphatic rings. The molecule has 0 unspecified atom stereocenters. The highest BCUT2D eigenvalue weighted by Gasteiger charge is 2.55. The van der Waals surface area contributed by atoms with E-state index in [1.165, 1.54) is 7.11 Å². The first-order valence-corrected chi connectivity index (χ1v) is 11.0. The minimum Gasteiger partial charge on any atom is -0.469 e. The Morgan fingerprint density at radius 1 is 1.27 bits per heavy atom. The van der Waals surface area contributed by atoms with Gasteiger partial charge in [0.1, 0.15) is 0 Å². The first-order chi connectivity index (χ1) is 10.1. The van der Waals surface area contributed by atoms with Gasteiger partial charge in [0, 0.05) is 0 Å². The third-order valence-electron chi connectivity index (χ3n) is 5.55. The molecule has 1 aliphatic carbocycles. The fourth-order valence-corrected chi connectivity index (χ4v) is 3.84. The van der Waals surface area contributed by atoms with Crippen LogP contribution >= 0.6 is 0 Å². The van der Waals surface area contributed by atoms with Crippen molar-refractivity contribution in [3.05, 3.63) is 0 Å². The number of hydrogen-bond donors (Lipinski definition) is 1. The SMILES string of the molecule is COC(=O)C[C@@H]1O[C@H](CO[Si](C)(C)C(C)(C)C)[C@H]2C[C@H]2[C@H]1O. The van der Waals surface area contributed by atoms with Gasteiger partial charge in [0.15, 0.2) is 8.32 Å². The standard InChI is InChI=1S/C16H30O5Si/c1-16(2,3)22(5,6)20-9-13-10-7-11(10)15(18)12(21-13)8-14(17)19-4/h10-13,15,18H,7-9H2,1-6H3/t10-,11+,12-,13+,15+/m0/s1. The van der Waals surface area contributed by atoms with Gasteiger partial charge in [0.05, 0.1) is 38.4 Å². The molecule has 0 radical (unpaired) electrons. The van der Waals surface area contributed by atoms with Crippen molar-refractivity contribution in [2.24, 2.45) is 11.8 Å². The Kier molecular flexibility index (Phi) is 5.07. The van der Waals surface area contributed by atoms with Crippen LogP contribution in [-0.2, 0) is 18.7 Å². The highest BCUT2D eigenvalue weighted by Crippen LogP contribution is 2.51. The normalized spacial score (nSPS) is 35.0. The second-order valence-electron chi connectivity index (χ2n) is 8.12. The third-order valence-corrected chi connectivity index (χ3v) is 10.0. The van der Waals surface area contributed by atoms with Gasteiger partial charge in [-0.1, -0.05) is 20.8 Å². The van der Waals surface area contributed by atoms with E-state index in [1.54, 1.807) is 0 Å². The molecule has 0 aromatic carbocycles. The number of fused-ring (bicyclic) bond motifs is 1. The summed E-state index contributed by atoms with van der Waals surface area (Å²) in [7, 11) is -0.455. The molecule has 2 rings (SSSR count). The van der Waals surface area contributed by atoms with Gasteiger partial charge in [-0.15, -0.1) is 0 Å². The lowest BCUT2D eigenvalue weighted by Crippen LogP contribution is -2.47. The zero-order valence-corrected chi connectivity index (χ0v) is 15.6. The van der Waals surface area contributed by atoms with Crippen LogP contribution in [0.1, 0.15) is 33.6 Å². The summed E-state index contributed by atoms with van der Waals surface area (Å²) in [6, 6.07) is 0. The lowest BCUT2D eigenvalue weighted by molar-refractivity contribution is -0.161. The Hall–Kier alpha value is -0.433. The number of esters is 1. The summed E-state index contributed by atoms with van der Waals surface area (Å²) in [5.41, 5.74) is 0. The predicted molar refractivity (Wildman–Crippen MR) is 86.0 cm³/mol. The molecular formula is C16H30O5Si. The summed E-state index contributed by atoms with van der Waals surface area (Å²) in [6.45, 7) is 11.6. The molecule has 0 aromatic heterocycles. The number of carbonyl (C=O) groups excluding carboxylic acids is 1. The van der Waals surface area contributed by atoms with Gasteiger partial charge in [-0.05, 0) is 36.4 Å². The second kappa shape index (κ2) is 6.22. The number of methoxy groups -OCH3 is 1. The highest BCUT2D eigenvalue weighted by molar-refractivity contribution is 6.74. The van der Waals surface area contributed by atoms with Crippen LogP contribution in [0.25, 0.3) is 0 Å². The molecule has 1 N–H and O–H groups in total. The van der Waals surface area contributed by atoms with Crippen LogP contribution in [0.5, 0.6) is 0 Å². The van der Waals surface area contributed by atoms with Gasteiger partial charge in [-0.2, -0.15) is 0 Å². The second-order valence-corrected chi connectivity index (χ2v) is 12.9. The maximum atomic E-state index is 11.5. The summed E-state index contributed by atoms with van der Waals surface area (Å²) in [5.74, 6) is 0.275. The Morgan fingerprint density at radius 2 is 1.91 bits per heavy atom. The molecule has 1 heterocycles. The molecule has 1 saturated carbocycles. The Bertz CT molecular complexity index is 417. The minimum absolute atomic E-state index is 0.0165. The van der Waals surface area contributed by atoms with Crippen LogP contribution in [0.4, 0.5) is 0 Å². The summed E-state index contributed by atoms with van der Waals surface area (Å²) in [6.07, 6.45) is 0.0246. The Morgan fingerprint density at radius 3 is 2.45 bits per heavy atom. The number of aliphatic hydroxyl groups excluding tert-OH is 1. The molecule has 22 heavy (non-hydrogen) atoms. The van der Waals surface area contributed by atoms with Crippen molar-refractivity contribution in [1.29, 1.82) is 0 Å². The quantitative estimate of drug-likeness (QED) is 0.619. The molecular weight excluding hydrogens is 300 g/mol. The molecule has 0 spiro atoms. The zero-order valence-electron chi connectivity index (χ0n) is 14.6. The van der Waals surface area contributed by atoms with E-state index in [4.69, 9.17) is 9.16 Å². The maximum Gasteiger partial charge on any atom is 0.308 e. The van der Waals surface area contributed by atoms with Gasteiger partial charge in [-0.3, -0.25) is 4.79 Å². The maximum absolute atomic E-state index is 11.5. The van der Waals surface area contributed by atoms with E-state index in [0.29, 0.717) is 12.5 Å². The molecule has 128 valence electrons. The topological polar surface area (TPSA) is 65.0 Å². The van der Waals surface area contributed by atoms with Crippen molar-refractivity contribution in [3.8, 4) is 0 Å². The predicted octanol–water partition coefficient (Wildman–Crippen LogP) is 2.34. The van der Waals surface area contributed by atoms with E-state index in [0.717, 1.165) is 6.42 Å². The van der Waals surface area contributed by atoms with Crippen molar-refractivity contribution in [2.45, 2.75) is 70.1 Å². The lowest BCUT2D eigenvalue weighted by Gasteiger charge is -2.39. The lowest BCUT2D eigenvalue weighted by atomic mass is 9.99. The summed E-state index contributed by atoms with van der Waals surface area (Å²) >= 11 is 0. The molecule has 0 amide bonds. The van der Waals surface area contributed by atoms with E-state index in [-0.39, 0.29) is 29.5 Å². The van der Waals surface area contributed by atoms with Gasteiger partial charge in [0.2, 0.25) is 0 Å². The fourth-order valence-electron chi connectivity index (χ4n) is 2.82. The summed E-state index contributed by atoms with van der Waals surface area (Å²) < 4.78 is 16.9. The molecule has 2 fully saturated rings. The van der Waals surface area contributed by atoms with Crippen molar-refractivity contribution in [2.75, 3.05) is 13.7 Å². The molecule has 1 aliphatic heterocycles. The van der Waals surface area contributed by atoms with Crippen LogP contribution in [0.2, 0.25) is 18.1 Å². The van der Waals surface area contributed by atoms with E-state index in [2.05, 4.69) is 38.6 Å². The average Bonchev–Trinajstić information content (AvgIpc) is 3.19. The van der Waals surface area contributed by atoms with Gasteiger partial charge >= 0.3 is 5.97 Å². The van der Waals surface area contributed by atoms with Crippen LogP contribution in [0.15, 0.2) is 0 Å². The van der Waals surface area contributed by atoms with E-state index in [9.17, 15) is 9.90 Å². The van der Waals surface area contributed by atoms with Crippen molar-refractivity contribution in [3.63, 3.8) is 0 Å². The average molecular weight is 330 g/mol. The number of carbonyl (C=O) groups is 1. The van der Waals surface area contributed by atoms with Crippen LogP contribution in [0.3, 0.4) is 0 Å². The van der Waals surface area contributed by atoms with Gasteiger partial charge in [-0.25, -0.2) is 0 Å². The van der Waals surface area contributed by atoms with Crippen molar-refractivity contribution in [1.82, 2.24) is 0 Å². The summed E-state index contributed by atoms with van der Waals surface area (Å²) in [4.78, 5) is 11.5. The molecule has 5 nitrogen and oxygen atoms in total. The number of ether oxygens (including phenoxy) is 2. The smallest absolute Gasteiger partial charge is 0.308 e. The van der Waals surface area contributed by atoms with Gasteiger partial charge < -0.3 is 19.0 Å². The monoisotopic (exact) mass is 330 g/mol. The highest BCUT2D eigenvalue weighted by atomic mass is 28.4. The zero-order chi connectivity index (χ0) is 16.7. The minimum atomic E-state index is -1.81. The number of aliphatic hydroxyl groups is 1. The molecule has 0 aromatic rings. The number of hydrogen-bond acceptors (Lipinski definition) is 5. The Labute approximate surface area is 134 Å². The van der Waals surface area contributed by atoms with Gasteiger partial charge in [0.25, 0.3) is 0 Å². The van der Waals surface area contributed by atoms with Crippen LogP contribution in [0, 0.1) is 11.8 Å². The number of rotatable bonds is 5.